The lowest BCUT2D eigenvalue weighted by Gasteiger charge is -2.11. The first-order valence-corrected chi connectivity index (χ1v) is 7.51. The molecule has 114 valence electrons. The van der Waals surface area contributed by atoms with Gasteiger partial charge in [-0.2, -0.15) is 15.0 Å². The van der Waals surface area contributed by atoms with E-state index in [0.29, 0.717) is 23.4 Å². The van der Waals surface area contributed by atoms with Gasteiger partial charge in [0, 0.05) is 20.6 Å². The van der Waals surface area contributed by atoms with E-state index in [1.54, 1.807) is 9.58 Å². The molecule has 9 nitrogen and oxygen atoms in total. The lowest BCUT2D eigenvalue weighted by Crippen LogP contribution is -2.16. The van der Waals surface area contributed by atoms with Gasteiger partial charge >= 0.3 is 0 Å². The van der Waals surface area contributed by atoms with Crippen LogP contribution in [0.2, 0.25) is 0 Å². The van der Waals surface area contributed by atoms with Crippen LogP contribution in [0.25, 0.3) is 0 Å². The summed E-state index contributed by atoms with van der Waals surface area (Å²) < 4.78 is 1.78. The quantitative estimate of drug-likeness (QED) is 0.760. The second-order valence-corrected chi connectivity index (χ2v) is 6.07. The van der Waals surface area contributed by atoms with Gasteiger partial charge in [0.1, 0.15) is 5.82 Å². The van der Waals surface area contributed by atoms with E-state index < -0.39 is 0 Å². The van der Waals surface area contributed by atoms with Crippen molar-refractivity contribution in [1.29, 1.82) is 0 Å². The minimum Gasteiger partial charge on any atom is -0.368 e. The number of nitrogens with two attached hydrogens (primary N) is 1. The van der Waals surface area contributed by atoms with Crippen LogP contribution in [0.3, 0.4) is 0 Å². The fourth-order valence-electron chi connectivity index (χ4n) is 1.58. The van der Waals surface area contributed by atoms with Crippen molar-refractivity contribution in [2.24, 2.45) is 5.92 Å². The van der Waals surface area contributed by atoms with Gasteiger partial charge in [-0.05, 0) is 16.3 Å². The smallest absolute Gasteiger partial charge is 0.229 e. The fourth-order valence-corrected chi connectivity index (χ4v) is 2.32. The van der Waals surface area contributed by atoms with Gasteiger partial charge in [0.15, 0.2) is 0 Å². The number of rotatable bonds is 6. The highest BCUT2D eigenvalue weighted by Gasteiger charge is 2.11. The van der Waals surface area contributed by atoms with Crippen molar-refractivity contribution in [2.45, 2.75) is 31.3 Å². The number of aromatic nitrogens is 7. The average molecular weight is 309 g/mol. The second-order valence-electron chi connectivity index (χ2n) is 5.13. The van der Waals surface area contributed by atoms with Gasteiger partial charge in [0.05, 0.1) is 5.75 Å². The van der Waals surface area contributed by atoms with Gasteiger partial charge in [-0.25, -0.2) is 4.68 Å². The molecule has 0 aliphatic carbocycles. The maximum Gasteiger partial charge on any atom is 0.229 e. The van der Waals surface area contributed by atoms with Crippen molar-refractivity contribution in [3.05, 3.63) is 5.82 Å². The topological polar surface area (TPSA) is 112 Å². The van der Waals surface area contributed by atoms with Crippen molar-refractivity contribution >= 4 is 23.7 Å². The maximum absolute atomic E-state index is 5.70. The predicted octanol–water partition coefficient (Wildman–Crippen LogP) is 0.455. The number of nitrogens with zero attached hydrogens (tertiary/aromatic N) is 8. The van der Waals surface area contributed by atoms with Crippen LogP contribution in [0.15, 0.2) is 5.16 Å². The van der Waals surface area contributed by atoms with Crippen LogP contribution in [0.4, 0.5) is 11.9 Å². The number of hydrogen-bond donors (Lipinski definition) is 1. The summed E-state index contributed by atoms with van der Waals surface area (Å²) in [5.74, 6) is 2.37. The minimum absolute atomic E-state index is 0.214. The zero-order chi connectivity index (χ0) is 15.4. The van der Waals surface area contributed by atoms with E-state index in [-0.39, 0.29) is 5.95 Å². The van der Waals surface area contributed by atoms with Crippen molar-refractivity contribution in [3.8, 4) is 0 Å². The van der Waals surface area contributed by atoms with Crippen molar-refractivity contribution < 1.29 is 0 Å². The van der Waals surface area contributed by atoms with Gasteiger partial charge in [0.25, 0.3) is 0 Å². The van der Waals surface area contributed by atoms with Crippen LogP contribution in [-0.2, 0) is 12.3 Å². The molecule has 2 N–H and O–H groups in total. The Morgan fingerprint density at radius 3 is 2.67 bits per heavy atom. The SMILES string of the molecule is CC(C)Cn1nnnc1SCc1nc(N)nc(N(C)C)n1. The van der Waals surface area contributed by atoms with E-state index in [2.05, 4.69) is 44.3 Å². The molecule has 0 atom stereocenters. The Labute approximate surface area is 127 Å². The lowest BCUT2D eigenvalue weighted by molar-refractivity contribution is 0.445. The van der Waals surface area contributed by atoms with Crippen LogP contribution >= 0.6 is 11.8 Å². The predicted molar refractivity (Wildman–Crippen MR) is 80.8 cm³/mol. The monoisotopic (exact) mass is 309 g/mol. The normalized spacial score (nSPS) is 11.1. The van der Waals surface area contributed by atoms with Crippen LogP contribution in [-0.4, -0.2) is 49.3 Å². The fraction of sp³-hybridized carbons (Fsp3) is 0.636. The Kier molecular flexibility index (Phi) is 4.89. The van der Waals surface area contributed by atoms with E-state index in [4.69, 9.17) is 5.73 Å². The highest BCUT2D eigenvalue weighted by Crippen LogP contribution is 2.19. The molecule has 10 heteroatoms. The van der Waals surface area contributed by atoms with Gasteiger partial charge in [-0.15, -0.1) is 5.10 Å². The van der Waals surface area contributed by atoms with E-state index in [9.17, 15) is 0 Å². The molecule has 0 saturated carbocycles. The molecule has 2 aromatic heterocycles. The molecule has 0 amide bonds. The van der Waals surface area contributed by atoms with Crippen LogP contribution in [0.5, 0.6) is 0 Å². The Morgan fingerprint density at radius 1 is 1.24 bits per heavy atom. The molecule has 2 heterocycles. The molecule has 0 radical (unpaired) electrons. The Balaban J connectivity index is 2.08. The molecule has 2 aromatic rings. The highest BCUT2D eigenvalue weighted by molar-refractivity contribution is 7.98. The van der Waals surface area contributed by atoms with Gasteiger partial charge < -0.3 is 10.6 Å². The Bertz CT molecular complexity index is 595. The Morgan fingerprint density at radius 2 is 2.00 bits per heavy atom. The summed E-state index contributed by atoms with van der Waals surface area (Å²) in [5, 5.41) is 12.4. The van der Waals surface area contributed by atoms with E-state index in [1.165, 1.54) is 11.8 Å². The zero-order valence-electron chi connectivity index (χ0n) is 12.6. The average Bonchev–Trinajstić information content (AvgIpc) is 2.82. The number of hydrogen-bond acceptors (Lipinski definition) is 9. The highest BCUT2D eigenvalue weighted by atomic mass is 32.2. The summed E-state index contributed by atoms with van der Waals surface area (Å²) in [6.45, 7) is 5.01. The lowest BCUT2D eigenvalue weighted by atomic mass is 10.2. The van der Waals surface area contributed by atoms with E-state index in [0.717, 1.165) is 11.7 Å². The van der Waals surface area contributed by atoms with Crippen LogP contribution < -0.4 is 10.6 Å². The van der Waals surface area contributed by atoms with Crippen molar-refractivity contribution in [3.63, 3.8) is 0 Å². The first-order chi connectivity index (χ1) is 9.95. The van der Waals surface area contributed by atoms with E-state index in [1.807, 2.05) is 14.1 Å². The first kappa shape index (κ1) is 15.4. The van der Waals surface area contributed by atoms with Gasteiger partial charge in [-0.3, -0.25) is 0 Å². The van der Waals surface area contributed by atoms with Crippen molar-refractivity contribution in [2.75, 3.05) is 24.7 Å². The second kappa shape index (κ2) is 6.66. The van der Waals surface area contributed by atoms with Gasteiger partial charge in [0.2, 0.25) is 17.1 Å². The maximum atomic E-state index is 5.70. The standard InChI is InChI=1S/C11H19N9S/c1-7(2)5-20-11(16-17-18-20)21-6-8-13-9(12)15-10(14-8)19(3)4/h7H,5-6H2,1-4H3,(H2,12,13,14,15). The number of nitrogen functional groups attached to an aromatic ring is 1. The summed E-state index contributed by atoms with van der Waals surface area (Å²) in [6, 6.07) is 0. The van der Waals surface area contributed by atoms with Crippen molar-refractivity contribution in [1.82, 2.24) is 35.2 Å². The molecule has 0 spiro atoms. The molecule has 0 bridgehead atoms. The van der Waals surface area contributed by atoms with Crippen LogP contribution in [0.1, 0.15) is 19.7 Å². The molecule has 21 heavy (non-hydrogen) atoms. The summed E-state index contributed by atoms with van der Waals surface area (Å²) in [7, 11) is 3.71. The number of thioether (sulfide) groups is 1. The summed E-state index contributed by atoms with van der Waals surface area (Å²) >= 11 is 1.48. The molecule has 2 rings (SSSR count). The molecular weight excluding hydrogens is 290 g/mol. The largest absolute Gasteiger partial charge is 0.368 e. The third-order valence-electron chi connectivity index (χ3n) is 2.45. The van der Waals surface area contributed by atoms with E-state index >= 15 is 0 Å². The molecular formula is C11H19N9S. The Hall–Kier alpha value is -1.97. The number of tetrazole rings is 1. The molecule has 0 saturated heterocycles. The van der Waals surface area contributed by atoms with Gasteiger partial charge in [-0.1, -0.05) is 25.6 Å². The summed E-state index contributed by atoms with van der Waals surface area (Å²) in [4.78, 5) is 14.3. The molecule has 0 unspecified atom stereocenters. The third kappa shape index (κ3) is 4.25. The summed E-state index contributed by atoms with van der Waals surface area (Å²) in [6.07, 6.45) is 0. The molecule has 0 aliphatic heterocycles. The minimum atomic E-state index is 0.214. The number of anilines is 2. The molecule has 0 aromatic carbocycles. The molecule has 0 aliphatic rings. The zero-order valence-corrected chi connectivity index (χ0v) is 13.4. The summed E-state index contributed by atoms with van der Waals surface area (Å²) in [5.41, 5.74) is 5.70. The molecule has 0 fully saturated rings. The van der Waals surface area contributed by atoms with Crippen LogP contribution in [0, 0.1) is 5.92 Å². The third-order valence-corrected chi connectivity index (χ3v) is 3.41. The first-order valence-electron chi connectivity index (χ1n) is 6.52.